The molecule has 3 N–H and O–H groups in total. The highest BCUT2D eigenvalue weighted by Gasteiger charge is 2.18. The van der Waals surface area contributed by atoms with Gasteiger partial charge in [0.15, 0.2) is 0 Å². The number of ether oxygens (including phenoxy) is 1. The van der Waals surface area contributed by atoms with Gasteiger partial charge in [0, 0.05) is 12.8 Å². The summed E-state index contributed by atoms with van der Waals surface area (Å²) in [5.41, 5.74) is 0. The Morgan fingerprint density at radius 2 is 0.781 bits per heavy atom. The molecular formula is C58H109NO5. The molecule has 2 atom stereocenters. The van der Waals surface area contributed by atoms with Crippen LogP contribution in [0.4, 0.5) is 0 Å². The molecule has 0 saturated carbocycles. The fourth-order valence-electron chi connectivity index (χ4n) is 8.55. The Morgan fingerprint density at radius 1 is 0.438 bits per heavy atom. The fraction of sp³-hybridized carbons (Fsp3) is 0.862. The van der Waals surface area contributed by atoms with E-state index in [0.717, 1.165) is 51.4 Å². The number of carbonyl (C=O) groups is 2. The lowest BCUT2D eigenvalue weighted by Gasteiger charge is -2.20. The number of aliphatic hydroxyl groups is 2. The first-order valence-electron chi connectivity index (χ1n) is 28.3. The summed E-state index contributed by atoms with van der Waals surface area (Å²) in [4.78, 5) is 24.5. The lowest BCUT2D eigenvalue weighted by molar-refractivity contribution is -0.143. The van der Waals surface area contributed by atoms with Crippen molar-refractivity contribution in [2.45, 2.75) is 309 Å². The predicted molar refractivity (Wildman–Crippen MR) is 278 cm³/mol. The fourth-order valence-corrected chi connectivity index (χ4v) is 8.55. The molecule has 6 nitrogen and oxygen atoms in total. The molecular weight excluding hydrogens is 791 g/mol. The van der Waals surface area contributed by atoms with Gasteiger partial charge in [-0.05, 0) is 64.2 Å². The SMILES string of the molecule is CCCCC/C=C\C/C=C\CCCCCCCCCC(=O)OCCCCCCCCCCCCCCCCCCCC(=O)NC(CO)C(O)/C=C/CCCCCCCCCCCCC. The summed E-state index contributed by atoms with van der Waals surface area (Å²) in [5, 5.41) is 23.1. The third-order valence-corrected chi connectivity index (χ3v) is 12.9. The van der Waals surface area contributed by atoms with Crippen LogP contribution in [0.1, 0.15) is 296 Å². The van der Waals surface area contributed by atoms with Crippen LogP contribution in [0.3, 0.4) is 0 Å². The highest BCUT2D eigenvalue weighted by atomic mass is 16.5. The van der Waals surface area contributed by atoms with E-state index >= 15 is 0 Å². The van der Waals surface area contributed by atoms with Crippen LogP contribution in [0.25, 0.3) is 0 Å². The normalized spacial score (nSPS) is 12.9. The first-order chi connectivity index (χ1) is 31.5. The van der Waals surface area contributed by atoms with Crippen LogP contribution in [0, 0.1) is 0 Å². The number of esters is 1. The van der Waals surface area contributed by atoms with Crippen LogP contribution in [0.15, 0.2) is 36.5 Å². The van der Waals surface area contributed by atoms with Gasteiger partial charge in [-0.15, -0.1) is 0 Å². The molecule has 0 aliphatic heterocycles. The van der Waals surface area contributed by atoms with Crippen LogP contribution in [0.5, 0.6) is 0 Å². The number of allylic oxidation sites excluding steroid dienone is 5. The van der Waals surface area contributed by atoms with Gasteiger partial charge >= 0.3 is 5.97 Å². The van der Waals surface area contributed by atoms with Crippen molar-refractivity contribution in [2.24, 2.45) is 0 Å². The zero-order valence-electron chi connectivity index (χ0n) is 42.8. The molecule has 0 fully saturated rings. The van der Waals surface area contributed by atoms with Crippen LogP contribution in [-0.4, -0.2) is 47.4 Å². The van der Waals surface area contributed by atoms with Crippen molar-refractivity contribution in [1.82, 2.24) is 5.32 Å². The van der Waals surface area contributed by atoms with Gasteiger partial charge < -0.3 is 20.3 Å². The third kappa shape index (κ3) is 49.5. The smallest absolute Gasteiger partial charge is 0.305 e. The number of carbonyl (C=O) groups excluding carboxylic acids is 2. The van der Waals surface area contributed by atoms with Crippen LogP contribution < -0.4 is 5.32 Å². The van der Waals surface area contributed by atoms with Gasteiger partial charge in [0.1, 0.15) is 0 Å². The van der Waals surface area contributed by atoms with Crippen molar-refractivity contribution in [3.63, 3.8) is 0 Å². The number of hydrogen-bond donors (Lipinski definition) is 3. The van der Waals surface area contributed by atoms with Crippen LogP contribution >= 0.6 is 0 Å². The van der Waals surface area contributed by atoms with E-state index in [0.29, 0.717) is 19.4 Å². The second kappa shape index (κ2) is 53.7. The van der Waals surface area contributed by atoms with Crippen molar-refractivity contribution in [2.75, 3.05) is 13.2 Å². The van der Waals surface area contributed by atoms with Gasteiger partial charge in [-0.1, -0.05) is 256 Å². The van der Waals surface area contributed by atoms with E-state index in [1.807, 2.05) is 6.08 Å². The zero-order chi connectivity index (χ0) is 46.5. The van der Waals surface area contributed by atoms with Gasteiger partial charge in [0.05, 0.1) is 25.4 Å². The monoisotopic (exact) mass is 900 g/mol. The molecule has 376 valence electrons. The molecule has 0 aromatic rings. The Labute approximate surface area is 398 Å². The minimum absolute atomic E-state index is 0.00361. The zero-order valence-corrected chi connectivity index (χ0v) is 42.8. The minimum Gasteiger partial charge on any atom is -0.466 e. The summed E-state index contributed by atoms with van der Waals surface area (Å²) in [6.45, 7) is 4.86. The molecule has 0 aliphatic carbocycles. The van der Waals surface area contributed by atoms with E-state index in [9.17, 15) is 19.8 Å². The maximum atomic E-state index is 12.4. The maximum Gasteiger partial charge on any atom is 0.305 e. The number of unbranched alkanes of at least 4 members (excludes halogenated alkanes) is 37. The van der Waals surface area contributed by atoms with Crippen molar-refractivity contribution >= 4 is 11.9 Å². The number of rotatable bonds is 52. The lowest BCUT2D eigenvalue weighted by atomic mass is 10.0. The molecule has 64 heavy (non-hydrogen) atoms. The van der Waals surface area contributed by atoms with Crippen molar-refractivity contribution in [3.8, 4) is 0 Å². The first-order valence-corrected chi connectivity index (χ1v) is 28.3. The summed E-state index contributed by atoms with van der Waals surface area (Å²) in [6.07, 6.45) is 65.8. The number of nitrogens with one attached hydrogen (secondary N) is 1. The summed E-state index contributed by atoms with van der Waals surface area (Å²) in [7, 11) is 0. The Kier molecular flexibility index (Phi) is 52.1. The molecule has 0 aromatic carbocycles. The van der Waals surface area contributed by atoms with E-state index in [4.69, 9.17) is 4.74 Å². The first kappa shape index (κ1) is 62.1. The molecule has 0 radical (unpaired) electrons. The van der Waals surface area contributed by atoms with Gasteiger partial charge in [-0.25, -0.2) is 0 Å². The molecule has 0 spiro atoms. The minimum atomic E-state index is -0.848. The molecule has 0 bridgehead atoms. The maximum absolute atomic E-state index is 12.4. The van der Waals surface area contributed by atoms with Crippen molar-refractivity contribution in [1.29, 1.82) is 0 Å². The summed E-state index contributed by atoms with van der Waals surface area (Å²) in [6, 6.07) is -0.632. The van der Waals surface area contributed by atoms with E-state index in [-0.39, 0.29) is 18.5 Å². The molecule has 0 saturated heterocycles. The van der Waals surface area contributed by atoms with Gasteiger partial charge in [-0.2, -0.15) is 0 Å². The summed E-state index contributed by atoms with van der Waals surface area (Å²) in [5.74, 6) is -0.0775. The van der Waals surface area contributed by atoms with Crippen LogP contribution in [-0.2, 0) is 14.3 Å². The third-order valence-electron chi connectivity index (χ3n) is 12.9. The number of hydrogen-bond acceptors (Lipinski definition) is 5. The standard InChI is InChI=1S/C58H109NO5/c1-3-5-7-9-11-13-15-17-18-20-24-28-32-36-40-44-48-52-58(63)64-53-49-45-41-37-33-29-25-22-19-21-23-27-31-35-39-43-47-51-57(62)59-55(54-60)56(61)50-46-42-38-34-30-26-16-14-12-10-8-6-4-2/h11,13,17-18,46,50,55-56,60-61H,3-10,12,14-16,19-45,47-49,51-54H2,1-2H3,(H,59,62)/b13-11-,18-17-,50-46+. The van der Waals surface area contributed by atoms with Crippen LogP contribution in [0.2, 0.25) is 0 Å². The van der Waals surface area contributed by atoms with Crippen molar-refractivity contribution < 1.29 is 24.5 Å². The quantitative estimate of drug-likeness (QED) is 0.0321. The number of aliphatic hydroxyl groups excluding tert-OH is 2. The molecule has 0 aromatic heterocycles. The molecule has 2 unspecified atom stereocenters. The molecule has 0 heterocycles. The van der Waals surface area contributed by atoms with Crippen molar-refractivity contribution in [3.05, 3.63) is 36.5 Å². The van der Waals surface area contributed by atoms with E-state index in [1.165, 1.54) is 218 Å². The Hall–Kier alpha value is -1.92. The Balaban J connectivity index is 3.43. The Morgan fingerprint density at radius 3 is 1.22 bits per heavy atom. The van der Waals surface area contributed by atoms with E-state index < -0.39 is 12.1 Å². The topological polar surface area (TPSA) is 95.9 Å². The van der Waals surface area contributed by atoms with Gasteiger partial charge in [0.25, 0.3) is 0 Å². The molecule has 0 rings (SSSR count). The van der Waals surface area contributed by atoms with Gasteiger partial charge in [-0.3, -0.25) is 9.59 Å². The second-order valence-corrected chi connectivity index (χ2v) is 19.3. The van der Waals surface area contributed by atoms with E-state index in [1.54, 1.807) is 6.08 Å². The highest BCUT2D eigenvalue weighted by Crippen LogP contribution is 2.16. The average molecular weight is 901 g/mol. The second-order valence-electron chi connectivity index (χ2n) is 19.3. The summed E-state index contributed by atoms with van der Waals surface area (Å²) >= 11 is 0. The lowest BCUT2D eigenvalue weighted by Crippen LogP contribution is -2.45. The average Bonchev–Trinajstić information content (AvgIpc) is 3.29. The Bertz CT molecular complexity index is 1040. The highest BCUT2D eigenvalue weighted by molar-refractivity contribution is 5.76. The molecule has 1 amide bonds. The largest absolute Gasteiger partial charge is 0.466 e. The molecule has 6 heteroatoms. The number of amides is 1. The predicted octanol–water partition coefficient (Wildman–Crippen LogP) is 17.2. The molecule has 0 aliphatic rings. The van der Waals surface area contributed by atoms with Gasteiger partial charge in [0.2, 0.25) is 5.91 Å². The van der Waals surface area contributed by atoms with E-state index in [2.05, 4.69) is 43.5 Å². The summed E-state index contributed by atoms with van der Waals surface area (Å²) < 4.78 is 5.48.